The van der Waals surface area contributed by atoms with E-state index < -0.39 is 15.1 Å². The molecule has 1 atom stereocenters. The summed E-state index contributed by atoms with van der Waals surface area (Å²) in [5.74, 6) is 0.369. The minimum Gasteiger partial charge on any atom is -0.355 e. The lowest BCUT2D eigenvalue weighted by molar-refractivity contribution is -0.121. The molecule has 104 valence electrons. The standard InChI is InChI=1S/C12H22N2O3S/c15-12(11-3-1-2-8-18(11,16)17)14-9-10-4-6-13-7-5-10/h10-11,13H,1-9H2,(H,14,15). The molecule has 0 aliphatic carbocycles. The van der Waals surface area contributed by atoms with E-state index in [4.69, 9.17) is 0 Å². The van der Waals surface area contributed by atoms with Gasteiger partial charge in [-0.1, -0.05) is 6.42 Å². The Morgan fingerprint density at radius 2 is 1.89 bits per heavy atom. The topological polar surface area (TPSA) is 75.3 Å². The summed E-state index contributed by atoms with van der Waals surface area (Å²) in [6.45, 7) is 2.59. The second-order valence-corrected chi connectivity index (χ2v) is 7.59. The number of rotatable bonds is 3. The van der Waals surface area contributed by atoms with Crippen LogP contribution in [-0.4, -0.2) is 45.0 Å². The lowest BCUT2D eigenvalue weighted by atomic mass is 9.98. The summed E-state index contributed by atoms with van der Waals surface area (Å²) in [5.41, 5.74) is 0. The molecule has 18 heavy (non-hydrogen) atoms. The molecule has 0 aromatic carbocycles. The Bertz CT molecular complexity index is 388. The van der Waals surface area contributed by atoms with Gasteiger partial charge in [0, 0.05) is 6.54 Å². The Morgan fingerprint density at radius 1 is 1.17 bits per heavy atom. The van der Waals surface area contributed by atoms with Crippen LogP contribution in [0.4, 0.5) is 0 Å². The fourth-order valence-corrected chi connectivity index (χ4v) is 4.52. The third-order valence-electron chi connectivity index (χ3n) is 3.89. The molecule has 2 rings (SSSR count). The van der Waals surface area contributed by atoms with Crippen molar-refractivity contribution in [3.8, 4) is 0 Å². The van der Waals surface area contributed by atoms with Crippen molar-refractivity contribution >= 4 is 15.7 Å². The normalized spacial score (nSPS) is 28.8. The largest absolute Gasteiger partial charge is 0.355 e. The molecule has 1 unspecified atom stereocenters. The van der Waals surface area contributed by atoms with E-state index in [1.54, 1.807) is 0 Å². The maximum atomic E-state index is 12.0. The molecule has 2 saturated heterocycles. The van der Waals surface area contributed by atoms with Gasteiger partial charge in [-0.25, -0.2) is 8.42 Å². The van der Waals surface area contributed by atoms with Crippen LogP contribution in [0.5, 0.6) is 0 Å². The molecule has 1 amide bonds. The van der Waals surface area contributed by atoms with E-state index >= 15 is 0 Å². The minimum atomic E-state index is -3.20. The fourth-order valence-electron chi connectivity index (χ4n) is 2.69. The molecule has 6 heteroatoms. The van der Waals surface area contributed by atoms with E-state index in [1.807, 2.05) is 0 Å². The Morgan fingerprint density at radius 3 is 2.56 bits per heavy atom. The summed E-state index contributed by atoms with van der Waals surface area (Å²) in [7, 11) is -3.20. The Kier molecular flexibility index (Phi) is 4.61. The molecule has 2 fully saturated rings. The van der Waals surface area contributed by atoms with Crippen LogP contribution in [0, 0.1) is 5.92 Å². The van der Waals surface area contributed by atoms with E-state index in [9.17, 15) is 13.2 Å². The molecule has 0 spiro atoms. The molecule has 2 aliphatic heterocycles. The number of piperidine rings is 1. The zero-order valence-corrected chi connectivity index (χ0v) is 11.5. The first-order valence-electron chi connectivity index (χ1n) is 6.79. The monoisotopic (exact) mass is 274 g/mol. The van der Waals surface area contributed by atoms with E-state index in [0.29, 0.717) is 25.3 Å². The third kappa shape index (κ3) is 3.45. The van der Waals surface area contributed by atoms with Gasteiger partial charge in [0.2, 0.25) is 5.91 Å². The van der Waals surface area contributed by atoms with Crippen LogP contribution in [0.15, 0.2) is 0 Å². The highest BCUT2D eigenvalue weighted by molar-refractivity contribution is 7.92. The van der Waals surface area contributed by atoms with Crippen LogP contribution in [0.25, 0.3) is 0 Å². The summed E-state index contributed by atoms with van der Waals surface area (Å²) in [6.07, 6.45) is 4.13. The molecule has 0 aromatic rings. The minimum absolute atomic E-state index is 0.165. The molecular formula is C12H22N2O3S. The van der Waals surface area contributed by atoms with Crippen molar-refractivity contribution in [2.24, 2.45) is 5.92 Å². The zero-order valence-electron chi connectivity index (χ0n) is 10.7. The summed E-state index contributed by atoms with van der Waals surface area (Å²) in [5, 5.41) is 5.30. The summed E-state index contributed by atoms with van der Waals surface area (Å²) < 4.78 is 23.6. The van der Waals surface area contributed by atoms with E-state index in [-0.39, 0.29) is 11.7 Å². The van der Waals surface area contributed by atoms with Gasteiger partial charge in [0.05, 0.1) is 5.75 Å². The first-order valence-corrected chi connectivity index (χ1v) is 8.51. The van der Waals surface area contributed by atoms with Gasteiger partial charge in [-0.3, -0.25) is 4.79 Å². The molecule has 0 radical (unpaired) electrons. The lowest BCUT2D eigenvalue weighted by Crippen LogP contribution is -2.45. The number of carbonyl (C=O) groups is 1. The highest BCUT2D eigenvalue weighted by Crippen LogP contribution is 2.20. The summed E-state index contributed by atoms with van der Waals surface area (Å²) in [4.78, 5) is 12.0. The fraction of sp³-hybridized carbons (Fsp3) is 0.917. The third-order valence-corrected chi connectivity index (χ3v) is 6.07. The average molecular weight is 274 g/mol. The van der Waals surface area contributed by atoms with Gasteiger partial charge in [-0.2, -0.15) is 0 Å². The maximum absolute atomic E-state index is 12.0. The molecule has 0 aromatic heterocycles. The predicted molar refractivity (Wildman–Crippen MR) is 70.0 cm³/mol. The van der Waals surface area contributed by atoms with Crippen molar-refractivity contribution < 1.29 is 13.2 Å². The Labute approximate surface area is 109 Å². The van der Waals surface area contributed by atoms with Crippen LogP contribution < -0.4 is 10.6 Å². The first-order chi connectivity index (χ1) is 8.59. The molecule has 2 N–H and O–H groups in total. The highest BCUT2D eigenvalue weighted by atomic mass is 32.2. The second kappa shape index (κ2) is 6.02. The van der Waals surface area contributed by atoms with Crippen molar-refractivity contribution in [1.82, 2.24) is 10.6 Å². The zero-order chi connectivity index (χ0) is 13.0. The maximum Gasteiger partial charge on any atom is 0.238 e. The van der Waals surface area contributed by atoms with Crippen LogP contribution >= 0.6 is 0 Å². The lowest BCUT2D eigenvalue weighted by Gasteiger charge is -2.25. The number of hydrogen-bond acceptors (Lipinski definition) is 4. The average Bonchev–Trinajstić information content (AvgIpc) is 2.37. The predicted octanol–water partition coefficient (Wildman–Crippen LogP) is 0.0695. The van der Waals surface area contributed by atoms with Crippen molar-refractivity contribution in [3.05, 3.63) is 0 Å². The van der Waals surface area contributed by atoms with Gasteiger partial charge in [-0.05, 0) is 44.7 Å². The van der Waals surface area contributed by atoms with Crippen LogP contribution in [0.3, 0.4) is 0 Å². The molecule has 0 bridgehead atoms. The van der Waals surface area contributed by atoms with E-state index in [0.717, 1.165) is 32.4 Å². The van der Waals surface area contributed by atoms with Gasteiger partial charge in [0.1, 0.15) is 5.25 Å². The van der Waals surface area contributed by atoms with E-state index in [2.05, 4.69) is 10.6 Å². The van der Waals surface area contributed by atoms with Gasteiger partial charge in [-0.15, -0.1) is 0 Å². The first kappa shape index (κ1) is 13.8. The number of hydrogen-bond donors (Lipinski definition) is 2. The van der Waals surface area contributed by atoms with Crippen LogP contribution in [0.2, 0.25) is 0 Å². The summed E-state index contributed by atoms with van der Waals surface area (Å²) in [6, 6.07) is 0. The number of carbonyl (C=O) groups excluding carboxylic acids is 1. The molecular weight excluding hydrogens is 252 g/mol. The SMILES string of the molecule is O=C(NCC1CCNCC1)C1CCCCS1(=O)=O. The van der Waals surface area contributed by atoms with Gasteiger partial charge >= 0.3 is 0 Å². The molecule has 2 heterocycles. The Hall–Kier alpha value is -0.620. The smallest absolute Gasteiger partial charge is 0.238 e. The second-order valence-electron chi connectivity index (χ2n) is 5.29. The van der Waals surface area contributed by atoms with E-state index in [1.165, 1.54) is 0 Å². The van der Waals surface area contributed by atoms with Crippen molar-refractivity contribution in [3.63, 3.8) is 0 Å². The molecule has 5 nitrogen and oxygen atoms in total. The van der Waals surface area contributed by atoms with Gasteiger partial charge < -0.3 is 10.6 Å². The van der Waals surface area contributed by atoms with Crippen molar-refractivity contribution in [1.29, 1.82) is 0 Å². The van der Waals surface area contributed by atoms with Crippen LogP contribution in [-0.2, 0) is 14.6 Å². The van der Waals surface area contributed by atoms with Crippen LogP contribution in [0.1, 0.15) is 32.1 Å². The molecule has 2 aliphatic rings. The number of nitrogens with one attached hydrogen (secondary N) is 2. The quantitative estimate of drug-likeness (QED) is 0.763. The number of amides is 1. The summed E-state index contributed by atoms with van der Waals surface area (Å²) >= 11 is 0. The van der Waals surface area contributed by atoms with Gasteiger partial charge in [0.25, 0.3) is 0 Å². The van der Waals surface area contributed by atoms with Crippen molar-refractivity contribution in [2.45, 2.75) is 37.4 Å². The molecule has 0 saturated carbocycles. The Balaban J connectivity index is 1.83. The highest BCUT2D eigenvalue weighted by Gasteiger charge is 2.34. The van der Waals surface area contributed by atoms with Crippen molar-refractivity contribution in [2.75, 3.05) is 25.4 Å². The van der Waals surface area contributed by atoms with Gasteiger partial charge in [0.15, 0.2) is 9.84 Å². The number of sulfone groups is 1.